The highest BCUT2D eigenvalue weighted by Gasteiger charge is 2.03. The lowest BCUT2D eigenvalue weighted by molar-refractivity contribution is 0.630. The highest BCUT2D eigenvalue weighted by atomic mass is 19.1. The zero-order valence-electron chi connectivity index (χ0n) is 9.00. The summed E-state index contributed by atoms with van der Waals surface area (Å²) >= 11 is 0. The summed E-state index contributed by atoms with van der Waals surface area (Å²) in [4.78, 5) is 3.24. The fraction of sp³-hybridized carbons (Fsp3) is 0.0769. The molecule has 16 heavy (non-hydrogen) atoms. The van der Waals surface area contributed by atoms with E-state index in [4.69, 9.17) is 0 Å². The SMILES string of the molecule is CN.Fc1ccc2[nH]c3ccccc3c2c1. The molecule has 0 aliphatic heterocycles. The van der Waals surface area contributed by atoms with Gasteiger partial charge in [-0.2, -0.15) is 0 Å². The van der Waals surface area contributed by atoms with Gasteiger partial charge in [0.1, 0.15) is 5.82 Å². The number of rotatable bonds is 0. The monoisotopic (exact) mass is 216 g/mol. The highest BCUT2D eigenvalue weighted by Crippen LogP contribution is 2.25. The van der Waals surface area contributed by atoms with Gasteiger partial charge in [0.2, 0.25) is 0 Å². The minimum absolute atomic E-state index is 0.192. The van der Waals surface area contributed by atoms with Crippen LogP contribution in [0.25, 0.3) is 21.8 Å². The van der Waals surface area contributed by atoms with E-state index in [2.05, 4.69) is 10.7 Å². The van der Waals surface area contributed by atoms with Crippen molar-refractivity contribution >= 4 is 21.8 Å². The number of hydrogen-bond donors (Lipinski definition) is 2. The Morgan fingerprint density at radius 2 is 1.62 bits per heavy atom. The molecule has 1 aromatic heterocycles. The Morgan fingerprint density at radius 3 is 2.44 bits per heavy atom. The third-order valence-electron chi connectivity index (χ3n) is 2.47. The molecule has 82 valence electrons. The van der Waals surface area contributed by atoms with E-state index in [0.29, 0.717) is 0 Å². The lowest BCUT2D eigenvalue weighted by atomic mass is 10.1. The summed E-state index contributed by atoms with van der Waals surface area (Å²) in [5.74, 6) is -0.192. The van der Waals surface area contributed by atoms with Crippen LogP contribution in [0.3, 0.4) is 0 Å². The van der Waals surface area contributed by atoms with Gasteiger partial charge in [-0.1, -0.05) is 18.2 Å². The fourth-order valence-corrected chi connectivity index (χ4v) is 1.82. The van der Waals surface area contributed by atoms with E-state index in [0.717, 1.165) is 21.8 Å². The van der Waals surface area contributed by atoms with Gasteiger partial charge in [-0.05, 0) is 31.3 Å². The molecule has 3 aromatic rings. The van der Waals surface area contributed by atoms with Crippen LogP contribution < -0.4 is 5.73 Å². The lowest BCUT2D eigenvalue weighted by Crippen LogP contribution is -1.71. The van der Waals surface area contributed by atoms with E-state index in [-0.39, 0.29) is 5.82 Å². The van der Waals surface area contributed by atoms with Gasteiger partial charge in [0.15, 0.2) is 0 Å². The predicted molar refractivity (Wildman–Crippen MR) is 65.9 cm³/mol. The maximum absolute atomic E-state index is 13.0. The van der Waals surface area contributed by atoms with E-state index in [1.807, 2.05) is 24.3 Å². The lowest BCUT2D eigenvalue weighted by Gasteiger charge is -1.90. The van der Waals surface area contributed by atoms with Crippen molar-refractivity contribution in [2.75, 3.05) is 7.05 Å². The third kappa shape index (κ3) is 1.66. The minimum Gasteiger partial charge on any atom is -0.355 e. The number of aromatic amines is 1. The maximum atomic E-state index is 13.0. The molecule has 1 heterocycles. The zero-order chi connectivity index (χ0) is 11.5. The second kappa shape index (κ2) is 4.33. The first-order chi connectivity index (χ1) is 7.84. The van der Waals surface area contributed by atoms with Crippen LogP contribution in [0.2, 0.25) is 0 Å². The summed E-state index contributed by atoms with van der Waals surface area (Å²) in [7, 11) is 1.50. The minimum atomic E-state index is -0.192. The van der Waals surface area contributed by atoms with Crippen LogP contribution >= 0.6 is 0 Å². The quantitative estimate of drug-likeness (QED) is 0.596. The number of benzene rings is 2. The Balaban J connectivity index is 0.000000457. The molecule has 3 N–H and O–H groups in total. The smallest absolute Gasteiger partial charge is 0.123 e. The van der Waals surface area contributed by atoms with Crippen molar-refractivity contribution in [3.05, 3.63) is 48.3 Å². The van der Waals surface area contributed by atoms with Crippen LogP contribution in [-0.2, 0) is 0 Å². The normalized spacial score (nSPS) is 10.2. The van der Waals surface area contributed by atoms with Crippen LogP contribution in [0, 0.1) is 5.82 Å². The van der Waals surface area contributed by atoms with Crippen molar-refractivity contribution < 1.29 is 4.39 Å². The van der Waals surface area contributed by atoms with E-state index < -0.39 is 0 Å². The van der Waals surface area contributed by atoms with Crippen LogP contribution in [-0.4, -0.2) is 12.0 Å². The fourth-order valence-electron chi connectivity index (χ4n) is 1.82. The first kappa shape index (κ1) is 10.6. The number of hydrogen-bond acceptors (Lipinski definition) is 1. The number of fused-ring (bicyclic) bond motifs is 3. The second-order valence-electron chi connectivity index (χ2n) is 3.36. The van der Waals surface area contributed by atoms with Gasteiger partial charge in [0.05, 0.1) is 0 Å². The van der Waals surface area contributed by atoms with Crippen molar-refractivity contribution in [2.45, 2.75) is 0 Å². The number of H-pyrrole nitrogens is 1. The molecule has 0 bridgehead atoms. The number of aromatic nitrogens is 1. The van der Waals surface area contributed by atoms with Crippen molar-refractivity contribution in [1.82, 2.24) is 4.98 Å². The molecule has 0 unspecified atom stereocenters. The van der Waals surface area contributed by atoms with Crippen LogP contribution in [0.4, 0.5) is 4.39 Å². The Hall–Kier alpha value is -1.87. The molecular weight excluding hydrogens is 203 g/mol. The molecular formula is C13H13FN2. The second-order valence-corrected chi connectivity index (χ2v) is 3.36. The van der Waals surface area contributed by atoms with Gasteiger partial charge in [0.25, 0.3) is 0 Å². The van der Waals surface area contributed by atoms with Crippen LogP contribution in [0.15, 0.2) is 42.5 Å². The van der Waals surface area contributed by atoms with Gasteiger partial charge >= 0.3 is 0 Å². The highest BCUT2D eigenvalue weighted by molar-refractivity contribution is 6.07. The summed E-state index contributed by atoms with van der Waals surface area (Å²) in [6.07, 6.45) is 0. The van der Waals surface area contributed by atoms with E-state index in [1.165, 1.54) is 13.1 Å². The topological polar surface area (TPSA) is 41.8 Å². The summed E-state index contributed by atoms with van der Waals surface area (Å²) in [6, 6.07) is 12.7. The molecule has 0 fully saturated rings. The zero-order valence-corrected chi connectivity index (χ0v) is 9.00. The molecule has 0 aliphatic carbocycles. The van der Waals surface area contributed by atoms with Crippen LogP contribution in [0.1, 0.15) is 0 Å². The standard InChI is InChI=1S/C12H8FN.CH5N/c13-8-5-6-12-10(7-8)9-3-1-2-4-11(9)14-12;1-2/h1-7,14H;2H2,1H3. The Morgan fingerprint density at radius 1 is 0.938 bits per heavy atom. The third-order valence-corrected chi connectivity index (χ3v) is 2.47. The molecule has 0 saturated carbocycles. The molecule has 2 nitrogen and oxygen atoms in total. The van der Waals surface area contributed by atoms with Crippen LogP contribution in [0.5, 0.6) is 0 Å². The molecule has 3 heteroatoms. The number of nitrogens with two attached hydrogens (primary N) is 1. The molecule has 0 atom stereocenters. The van der Waals surface area contributed by atoms with E-state index >= 15 is 0 Å². The molecule has 0 radical (unpaired) electrons. The number of para-hydroxylation sites is 1. The van der Waals surface area contributed by atoms with E-state index in [1.54, 1.807) is 12.1 Å². The Kier molecular flexibility index (Phi) is 2.88. The summed E-state index contributed by atoms with van der Waals surface area (Å²) in [5, 5.41) is 2.02. The Bertz CT molecular complexity index is 613. The number of nitrogens with one attached hydrogen (secondary N) is 1. The molecule has 0 spiro atoms. The van der Waals surface area contributed by atoms with Crippen molar-refractivity contribution in [2.24, 2.45) is 5.73 Å². The van der Waals surface area contributed by atoms with Crippen molar-refractivity contribution in [3.8, 4) is 0 Å². The molecule has 0 saturated heterocycles. The summed E-state index contributed by atoms with van der Waals surface area (Å²) in [5.41, 5.74) is 6.53. The molecule has 0 amide bonds. The maximum Gasteiger partial charge on any atom is 0.123 e. The first-order valence-corrected chi connectivity index (χ1v) is 5.08. The predicted octanol–water partition coefficient (Wildman–Crippen LogP) is 3.04. The van der Waals surface area contributed by atoms with Gasteiger partial charge in [0, 0.05) is 21.8 Å². The number of halogens is 1. The van der Waals surface area contributed by atoms with Crippen molar-refractivity contribution in [1.29, 1.82) is 0 Å². The molecule has 0 aliphatic rings. The first-order valence-electron chi connectivity index (χ1n) is 5.08. The summed E-state index contributed by atoms with van der Waals surface area (Å²) in [6.45, 7) is 0. The van der Waals surface area contributed by atoms with Gasteiger partial charge in [-0.15, -0.1) is 0 Å². The Labute approximate surface area is 92.9 Å². The average molecular weight is 216 g/mol. The average Bonchev–Trinajstić information content (AvgIpc) is 2.70. The van der Waals surface area contributed by atoms with E-state index in [9.17, 15) is 4.39 Å². The largest absolute Gasteiger partial charge is 0.355 e. The van der Waals surface area contributed by atoms with Gasteiger partial charge in [-0.3, -0.25) is 0 Å². The van der Waals surface area contributed by atoms with Gasteiger partial charge in [-0.25, -0.2) is 4.39 Å². The van der Waals surface area contributed by atoms with Crippen molar-refractivity contribution in [3.63, 3.8) is 0 Å². The van der Waals surface area contributed by atoms with Gasteiger partial charge < -0.3 is 10.7 Å². The summed E-state index contributed by atoms with van der Waals surface area (Å²) < 4.78 is 13.0. The molecule has 3 rings (SSSR count). The molecule has 2 aromatic carbocycles.